The van der Waals surface area contributed by atoms with Crippen LogP contribution in [-0.4, -0.2) is 17.2 Å². The van der Waals surface area contributed by atoms with E-state index in [1.54, 1.807) is 18.3 Å². The third kappa shape index (κ3) is 5.40. The monoisotopic (exact) mass is 498 g/mol. The summed E-state index contributed by atoms with van der Waals surface area (Å²) in [5.74, 6) is 0.167. The number of halogens is 3. The lowest BCUT2D eigenvalue weighted by molar-refractivity contribution is 0.0955. The zero-order valence-corrected chi connectivity index (χ0v) is 19.3. The third-order valence-electron chi connectivity index (χ3n) is 4.88. The van der Waals surface area contributed by atoms with Crippen LogP contribution in [0.1, 0.15) is 21.5 Å². The topological polar surface area (TPSA) is 70.9 Å². The summed E-state index contributed by atoms with van der Waals surface area (Å²) in [6.45, 7) is 0.333. The number of benzene rings is 4. The van der Waals surface area contributed by atoms with Gasteiger partial charge in [-0.15, -0.1) is 0 Å². The van der Waals surface area contributed by atoms with Crippen LogP contribution < -0.4 is 10.2 Å². The first kappa shape index (κ1) is 22.9. The van der Waals surface area contributed by atoms with E-state index in [4.69, 9.17) is 39.5 Å². The fourth-order valence-electron chi connectivity index (χ4n) is 3.20. The van der Waals surface area contributed by atoms with Crippen molar-refractivity contribution in [3.05, 3.63) is 105 Å². The number of hydrazone groups is 1. The van der Waals surface area contributed by atoms with Crippen molar-refractivity contribution in [1.29, 1.82) is 0 Å². The highest BCUT2D eigenvalue weighted by molar-refractivity contribution is 6.42. The summed E-state index contributed by atoms with van der Waals surface area (Å²) in [5, 5.41) is 16.4. The highest BCUT2D eigenvalue weighted by atomic mass is 35.5. The molecule has 2 N–H and O–H groups in total. The number of amides is 1. The number of phenols is 1. The molecule has 4 aromatic carbocycles. The van der Waals surface area contributed by atoms with Crippen molar-refractivity contribution in [2.24, 2.45) is 5.10 Å². The van der Waals surface area contributed by atoms with Crippen molar-refractivity contribution in [3.8, 4) is 11.5 Å². The molecule has 1 amide bonds. The summed E-state index contributed by atoms with van der Waals surface area (Å²) in [6, 6.07) is 21.0. The predicted octanol–water partition coefficient (Wildman–Crippen LogP) is 6.85. The number of phenolic OH excluding ortho intramolecular Hbond substituents is 1. The van der Waals surface area contributed by atoms with Gasteiger partial charge in [0.1, 0.15) is 18.1 Å². The summed E-state index contributed by atoms with van der Waals surface area (Å²) in [5.41, 5.74) is 4.45. The third-order valence-corrected chi connectivity index (χ3v) is 5.92. The molecule has 0 saturated carbocycles. The molecule has 0 aliphatic heterocycles. The van der Waals surface area contributed by atoms with Gasteiger partial charge in [0.15, 0.2) is 0 Å². The van der Waals surface area contributed by atoms with Crippen molar-refractivity contribution in [1.82, 2.24) is 5.43 Å². The number of hydrogen-bond acceptors (Lipinski definition) is 4. The van der Waals surface area contributed by atoms with Crippen LogP contribution in [0.5, 0.6) is 11.5 Å². The Balaban J connectivity index is 1.51. The fraction of sp³-hybridized carbons (Fsp3) is 0.0400. The number of rotatable bonds is 6. The van der Waals surface area contributed by atoms with E-state index in [1.807, 2.05) is 42.5 Å². The number of hydrogen-bond donors (Lipinski definition) is 2. The van der Waals surface area contributed by atoms with Crippen LogP contribution in [0.4, 0.5) is 0 Å². The number of carbonyl (C=O) groups excluding carboxylic acids is 1. The maximum absolute atomic E-state index is 12.3. The van der Waals surface area contributed by atoms with Gasteiger partial charge in [0.05, 0.1) is 21.3 Å². The van der Waals surface area contributed by atoms with E-state index in [1.165, 1.54) is 18.2 Å². The maximum atomic E-state index is 12.3. The molecular formula is C25H17Cl3N2O3. The quantitative estimate of drug-likeness (QED) is 0.225. The minimum atomic E-state index is -0.445. The Kier molecular flexibility index (Phi) is 7.04. The van der Waals surface area contributed by atoms with Crippen LogP contribution >= 0.6 is 34.8 Å². The Labute approximate surface area is 205 Å². The molecule has 0 aromatic heterocycles. The van der Waals surface area contributed by atoms with E-state index in [-0.39, 0.29) is 16.3 Å². The first-order chi connectivity index (χ1) is 15.9. The molecule has 0 heterocycles. The molecule has 0 fully saturated rings. The van der Waals surface area contributed by atoms with Gasteiger partial charge in [-0.25, -0.2) is 5.43 Å². The van der Waals surface area contributed by atoms with Gasteiger partial charge in [-0.2, -0.15) is 5.10 Å². The van der Waals surface area contributed by atoms with Gasteiger partial charge in [-0.3, -0.25) is 4.79 Å². The number of carbonyl (C=O) groups is 1. The summed E-state index contributed by atoms with van der Waals surface area (Å²) in [7, 11) is 0. The molecule has 8 heteroatoms. The van der Waals surface area contributed by atoms with E-state index in [2.05, 4.69) is 10.5 Å². The molecule has 0 aliphatic rings. The van der Waals surface area contributed by atoms with Crippen LogP contribution in [-0.2, 0) is 6.61 Å². The van der Waals surface area contributed by atoms with E-state index >= 15 is 0 Å². The van der Waals surface area contributed by atoms with E-state index in [0.717, 1.165) is 21.9 Å². The standard InChI is InChI=1S/C25H17Cl3N2O3/c26-20-8-5-15(11-21(20)27)14-33-24-10-7-17(18-3-1-2-4-19(18)24)13-29-30-25(32)16-6-9-23(31)22(28)12-16/h1-13,31H,14H2,(H,30,32). The lowest BCUT2D eigenvalue weighted by atomic mass is 10.0. The lowest BCUT2D eigenvalue weighted by Crippen LogP contribution is -2.17. The number of nitrogens with one attached hydrogen (secondary N) is 1. The molecule has 0 bridgehead atoms. The van der Waals surface area contributed by atoms with Crippen LogP contribution in [0.15, 0.2) is 77.9 Å². The van der Waals surface area contributed by atoms with E-state index in [0.29, 0.717) is 22.4 Å². The summed E-state index contributed by atoms with van der Waals surface area (Å²) in [6.07, 6.45) is 1.56. The molecule has 0 radical (unpaired) electrons. The van der Waals surface area contributed by atoms with Crippen molar-refractivity contribution in [2.45, 2.75) is 6.61 Å². The number of aromatic hydroxyl groups is 1. The van der Waals surface area contributed by atoms with Gasteiger partial charge in [0.2, 0.25) is 0 Å². The molecule has 0 saturated heterocycles. The van der Waals surface area contributed by atoms with Gasteiger partial charge in [0.25, 0.3) is 5.91 Å². The Morgan fingerprint density at radius 2 is 1.70 bits per heavy atom. The molecule has 0 aliphatic carbocycles. The number of nitrogens with zero attached hydrogens (tertiary/aromatic N) is 1. The fourth-order valence-corrected chi connectivity index (χ4v) is 3.70. The second-order valence-electron chi connectivity index (χ2n) is 7.10. The second kappa shape index (κ2) is 10.1. The first-order valence-electron chi connectivity index (χ1n) is 9.83. The molecule has 4 rings (SSSR count). The molecule has 5 nitrogen and oxygen atoms in total. The SMILES string of the molecule is O=C(NN=Cc1ccc(OCc2ccc(Cl)c(Cl)c2)c2ccccc12)c1ccc(O)c(Cl)c1. The Hall–Kier alpha value is -3.25. The summed E-state index contributed by atoms with van der Waals surface area (Å²) >= 11 is 17.9. The lowest BCUT2D eigenvalue weighted by Gasteiger charge is -2.11. The predicted molar refractivity (Wildman–Crippen MR) is 133 cm³/mol. The molecule has 0 spiro atoms. The van der Waals surface area contributed by atoms with Gasteiger partial charge in [0, 0.05) is 16.5 Å². The molecule has 0 atom stereocenters. The average molecular weight is 500 g/mol. The molecule has 166 valence electrons. The van der Waals surface area contributed by atoms with Crippen molar-refractivity contribution >= 4 is 57.7 Å². The Bertz CT molecular complexity index is 1370. The van der Waals surface area contributed by atoms with Crippen LogP contribution in [0.3, 0.4) is 0 Å². The minimum Gasteiger partial charge on any atom is -0.506 e. The van der Waals surface area contributed by atoms with E-state index < -0.39 is 5.91 Å². The number of ether oxygens (including phenoxy) is 1. The highest BCUT2D eigenvalue weighted by Gasteiger charge is 2.09. The van der Waals surface area contributed by atoms with Crippen LogP contribution in [0.25, 0.3) is 10.8 Å². The maximum Gasteiger partial charge on any atom is 0.271 e. The number of fused-ring (bicyclic) bond motifs is 1. The highest BCUT2D eigenvalue weighted by Crippen LogP contribution is 2.29. The van der Waals surface area contributed by atoms with Gasteiger partial charge in [-0.1, -0.05) is 65.1 Å². The van der Waals surface area contributed by atoms with Crippen LogP contribution in [0.2, 0.25) is 15.1 Å². The normalized spacial score (nSPS) is 11.1. The zero-order chi connectivity index (χ0) is 23.4. The average Bonchev–Trinajstić information content (AvgIpc) is 2.82. The molecule has 0 unspecified atom stereocenters. The van der Waals surface area contributed by atoms with Crippen molar-refractivity contribution in [3.63, 3.8) is 0 Å². The Morgan fingerprint density at radius 1 is 0.909 bits per heavy atom. The molecule has 33 heavy (non-hydrogen) atoms. The minimum absolute atomic E-state index is 0.0917. The molecular weight excluding hydrogens is 483 g/mol. The van der Waals surface area contributed by atoms with Crippen LogP contribution in [0, 0.1) is 0 Å². The van der Waals surface area contributed by atoms with Gasteiger partial charge < -0.3 is 9.84 Å². The van der Waals surface area contributed by atoms with Crippen molar-refractivity contribution in [2.75, 3.05) is 0 Å². The first-order valence-corrected chi connectivity index (χ1v) is 11.0. The van der Waals surface area contributed by atoms with E-state index in [9.17, 15) is 9.90 Å². The molecule has 4 aromatic rings. The second-order valence-corrected chi connectivity index (χ2v) is 8.32. The summed E-state index contributed by atoms with van der Waals surface area (Å²) < 4.78 is 6.03. The van der Waals surface area contributed by atoms with Gasteiger partial charge >= 0.3 is 0 Å². The Morgan fingerprint density at radius 3 is 2.45 bits per heavy atom. The smallest absolute Gasteiger partial charge is 0.271 e. The largest absolute Gasteiger partial charge is 0.506 e. The van der Waals surface area contributed by atoms with Gasteiger partial charge in [-0.05, 0) is 53.4 Å². The zero-order valence-electron chi connectivity index (χ0n) is 17.1. The van der Waals surface area contributed by atoms with Crippen molar-refractivity contribution < 1.29 is 14.6 Å². The summed E-state index contributed by atoms with van der Waals surface area (Å²) in [4.78, 5) is 12.3.